The Morgan fingerprint density at radius 3 is 1.38 bits per heavy atom. The molecule has 0 saturated heterocycles. The second-order valence-corrected chi connectivity index (χ2v) is 14.3. The molecule has 1 N–H and O–H groups in total. The first kappa shape index (κ1) is 35.7. The van der Waals surface area contributed by atoms with Gasteiger partial charge in [0.2, 0.25) is 0 Å². The summed E-state index contributed by atoms with van der Waals surface area (Å²) in [6, 6.07) is 41.9. The molecule has 0 aliphatic carbocycles. The molecule has 3 aliphatic heterocycles. The van der Waals surface area contributed by atoms with E-state index in [4.69, 9.17) is 9.98 Å². The van der Waals surface area contributed by atoms with Crippen LogP contribution in [0.5, 0.6) is 0 Å². The Morgan fingerprint density at radius 1 is 0.534 bits per heavy atom. The fourth-order valence-electron chi connectivity index (χ4n) is 6.79. The standard InChI is InChI=1S/C44H27N7O6S/c52-43-37(23-27-9-7-15-33(21-27)50(54)55)46-41(29-11-3-1-4-12-29)48(43)31-17-19-35-39(25-31)58-40-26-32(18-20-36(40)45-35)49-42(30-13-5-2-6-14-30)47-38(44(49)53)24-28-10-8-16-34(22-28)51(56)57/h1-26,45H/b37-23-,38-24-. The number of carbonyl (C=O) groups excluding carboxylic acids is 2. The number of carbonyl (C=O) groups is 2. The summed E-state index contributed by atoms with van der Waals surface area (Å²) in [6.07, 6.45) is 3.09. The summed E-state index contributed by atoms with van der Waals surface area (Å²) < 4.78 is 0. The van der Waals surface area contributed by atoms with E-state index in [1.165, 1.54) is 45.8 Å². The zero-order chi connectivity index (χ0) is 39.9. The van der Waals surface area contributed by atoms with Gasteiger partial charge in [-0.2, -0.15) is 0 Å². The summed E-state index contributed by atoms with van der Waals surface area (Å²) in [4.78, 5) is 64.3. The lowest BCUT2D eigenvalue weighted by molar-refractivity contribution is -0.385. The lowest BCUT2D eigenvalue weighted by Crippen LogP contribution is -2.32. The minimum absolute atomic E-state index is 0.0957. The number of hydrogen-bond donors (Lipinski definition) is 1. The van der Waals surface area contributed by atoms with Gasteiger partial charge in [0, 0.05) is 45.2 Å². The molecule has 0 fully saturated rings. The molecule has 280 valence electrons. The summed E-state index contributed by atoms with van der Waals surface area (Å²) in [5.74, 6) is 0.0351. The first-order valence-electron chi connectivity index (χ1n) is 17.8. The molecule has 9 rings (SSSR count). The summed E-state index contributed by atoms with van der Waals surface area (Å²) >= 11 is 1.47. The number of benzene rings is 6. The monoisotopic (exact) mass is 781 g/mol. The van der Waals surface area contributed by atoms with Crippen LogP contribution in [-0.4, -0.2) is 33.3 Å². The fourth-order valence-corrected chi connectivity index (χ4v) is 7.84. The third-order valence-electron chi connectivity index (χ3n) is 9.49. The van der Waals surface area contributed by atoms with Crippen LogP contribution >= 0.6 is 11.8 Å². The number of nitro groups is 2. The highest BCUT2D eigenvalue weighted by Crippen LogP contribution is 2.47. The molecular formula is C44H27N7O6S. The van der Waals surface area contributed by atoms with E-state index in [0.29, 0.717) is 45.3 Å². The predicted octanol–water partition coefficient (Wildman–Crippen LogP) is 9.38. The van der Waals surface area contributed by atoms with E-state index in [-0.39, 0.29) is 22.8 Å². The van der Waals surface area contributed by atoms with E-state index in [1.54, 1.807) is 36.4 Å². The summed E-state index contributed by atoms with van der Waals surface area (Å²) in [6.45, 7) is 0. The number of fused-ring (bicyclic) bond motifs is 2. The highest BCUT2D eigenvalue weighted by Gasteiger charge is 2.35. The first-order valence-corrected chi connectivity index (χ1v) is 18.6. The van der Waals surface area contributed by atoms with Crippen molar-refractivity contribution in [2.75, 3.05) is 15.1 Å². The number of amides is 2. The van der Waals surface area contributed by atoms with Crippen LogP contribution in [-0.2, 0) is 9.59 Å². The largest absolute Gasteiger partial charge is 0.354 e. The van der Waals surface area contributed by atoms with E-state index in [9.17, 15) is 29.8 Å². The van der Waals surface area contributed by atoms with E-state index >= 15 is 0 Å². The van der Waals surface area contributed by atoms with Gasteiger partial charge in [0.1, 0.15) is 23.1 Å². The van der Waals surface area contributed by atoms with Crippen molar-refractivity contribution < 1.29 is 19.4 Å². The predicted molar refractivity (Wildman–Crippen MR) is 223 cm³/mol. The van der Waals surface area contributed by atoms with Crippen LogP contribution in [0, 0.1) is 20.2 Å². The Balaban J connectivity index is 1.05. The molecule has 13 nitrogen and oxygen atoms in total. The van der Waals surface area contributed by atoms with Gasteiger partial charge < -0.3 is 5.32 Å². The van der Waals surface area contributed by atoms with Crippen molar-refractivity contribution in [3.05, 3.63) is 199 Å². The molecule has 6 aromatic carbocycles. The molecule has 0 atom stereocenters. The Kier molecular flexibility index (Phi) is 8.99. The van der Waals surface area contributed by atoms with Gasteiger partial charge in [0.15, 0.2) is 0 Å². The first-order chi connectivity index (χ1) is 28.2. The van der Waals surface area contributed by atoms with E-state index in [1.807, 2.05) is 97.1 Å². The fraction of sp³-hybridized carbons (Fsp3) is 0. The van der Waals surface area contributed by atoms with Crippen LogP contribution in [0.2, 0.25) is 0 Å². The maximum Gasteiger partial charge on any atom is 0.282 e. The van der Waals surface area contributed by atoms with Crippen molar-refractivity contribution in [2.24, 2.45) is 9.98 Å². The number of anilines is 4. The Bertz CT molecular complexity index is 2660. The van der Waals surface area contributed by atoms with Gasteiger partial charge in [-0.15, -0.1) is 0 Å². The molecule has 58 heavy (non-hydrogen) atoms. The van der Waals surface area contributed by atoms with Crippen LogP contribution in [0.1, 0.15) is 22.3 Å². The van der Waals surface area contributed by atoms with Crippen LogP contribution in [0.15, 0.2) is 177 Å². The summed E-state index contributed by atoms with van der Waals surface area (Å²) in [5, 5.41) is 26.3. The van der Waals surface area contributed by atoms with Crippen molar-refractivity contribution in [1.29, 1.82) is 0 Å². The molecule has 0 radical (unpaired) electrons. The molecule has 3 aliphatic rings. The molecule has 14 heteroatoms. The van der Waals surface area contributed by atoms with Gasteiger partial charge in [0.25, 0.3) is 23.2 Å². The lowest BCUT2D eigenvalue weighted by atomic mass is 10.1. The number of nitro benzene ring substituents is 2. The normalized spacial score (nSPS) is 15.9. The lowest BCUT2D eigenvalue weighted by Gasteiger charge is -2.26. The third kappa shape index (κ3) is 6.69. The number of hydrogen-bond acceptors (Lipinski definition) is 10. The molecule has 0 saturated carbocycles. The zero-order valence-electron chi connectivity index (χ0n) is 30.1. The minimum atomic E-state index is -0.486. The van der Waals surface area contributed by atoms with Crippen molar-refractivity contribution in [2.45, 2.75) is 9.79 Å². The number of nitrogens with zero attached hydrogens (tertiary/aromatic N) is 6. The maximum atomic E-state index is 14.1. The third-order valence-corrected chi connectivity index (χ3v) is 10.6. The number of non-ortho nitro benzene ring substituents is 2. The zero-order valence-corrected chi connectivity index (χ0v) is 30.9. The number of aliphatic imine (C=N–C) groups is 2. The molecule has 6 aromatic rings. The smallest absolute Gasteiger partial charge is 0.282 e. The van der Waals surface area contributed by atoms with Gasteiger partial charge in [-0.1, -0.05) is 96.7 Å². The molecule has 0 aromatic heterocycles. The topological polar surface area (TPSA) is 164 Å². The second-order valence-electron chi connectivity index (χ2n) is 13.2. The van der Waals surface area contributed by atoms with Crippen LogP contribution in [0.4, 0.5) is 34.1 Å². The average Bonchev–Trinajstić information content (AvgIpc) is 3.75. The molecular weight excluding hydrogens is 755 g/mol. The van der Waals surface area contributed by atoms with Crippen molar-refractivity contribution >= 4 is 81.5 Å². The van der Waals surface area contributed by atoms with Crippen LogP contribution in [0.25, 0.3) is 12.2 Å². The molecule has 3 heterocycles. The summed E-state index contributed by atoms with van der Waals surface area (Å²) in [5.41, 5.74) is 5.18. The van der Waals surface area contributed by atoms with Crippen molar-refractivity contribution in [3.63, 3.8) is 0 Å². The van der Waals surface area contributed by atoms with Gasteiger partial charge in [0.05, 0.1) is 32.6 Å². The highest BCUT2D eigenvalue weighted by molar-refractivity contribution is 7.99. The molecule has 2 amide bonds. The summed E-state index contributed by atoms with van der Waals surface area (Å²) in [7, 11) is 0. The number of amidine groups is 2. The number of rotatable bonds is 8. The minimum Gasteiger partial charge on any atom is -0.354 e. The van der Waals surface area contributed by atoms with E-state index < -0.39 is 21.7 Å². The molecule has 0 bridgehead atoms. The highest BCUT2D eigenvalue weighted by atomic mass is 32.2. The van der Waals surface area contributed by atoms with Gasteiger partial charge in [-0.05, 0) is 59.7 Å². The van der Waals surface area contributed by atoms with Crippen LogP contribution < -0.4 is 15.1 Å². The van der Waals surface area contributed by atoms with Gasteiger partial charge in [-0.25, -0.2) is 9.98 Å². The van der Waals surface area contributed by atoms with Crippen LogP contribution in [0.3, 0.4) is 0 Å². The molecule has 0 spiro atoms. The van der Waals surface area contributed by atoms with E-state index in [0.717, 1.165) is 21.2 Å². The van der Waals surface area contributed by atoms with Gasteiger partial charge >= 0.3 is 0 Å². The quantitative estimate of drug-likeness (QED) is 0.0905. The van der Waals surface area contributed by atoms with Gasteiger partial charge in [-0.3, -0.25) is 39.6 Å². The number of nitrogens with one attached hydrogen (secondary N) is 1. The van der Waals surface area contributed by atoms with Crippen molar-refractivity contribution in [1.82, 2.24) is 0 Å². The Morgan fingerprint density at radius 2 is 0.966 bits per heavy atom. The second kappa shape index (κ2) is 14.6. The van der Waals surface area contributed by atoms with Crippen molar-refractivity contribution in [3.8, 4) is 0 Å². The molecule has 0 unspecified atom stereocenters. The Labute approximate surface area is 334 Å². The maximum absolute atomic E-state index is 14.1. The SMILES string of the molecule is O=C1/C(=C/c2cccc([N+](=O)[O-])c2)N=C(c2ccccc2)N1c1ccc2c(c1)Sc1cc(N3C(=O)/C(=C/c4cccc([N+](=O)[O-])c4)N=C3c3ccccc3)ccc1N2. The average molecular weight is 782 g/mol. The van der Waals surface area contributed by atoms with E-state index in [2.05, 4.69) is 5.32 Å². The Hall–Kier alpha value is -7.97.